The number of hydrogen-bond donors (Lipinski definition) is 0. The van der Waals surface area contributed by atoms with Gasteiger partial charge < -0.3 is 13.9 Å². The summed E-state index contributed by atoms with van der Waals surface area (Å²) in [6, 6.07) is 11.8. The van der Waals surface area contributed by atoms with Gasteiger partial charge in [-0.25, -0.2) is 0 Å². The first-order chi connectivity index (χ1) is 13.9. The van der Waals surface area contributed by atoms with Crippen LogP contribution in [0.1, 0.15) is 30.1 Å². The van der Waals surface area contributed by atoms with Crippen LogP contribution in [0.2, 0.25) is 0 Å². The average Bonchev–Trinajstić information content (AvgIpc) is 3.49. The van der Waals surface area contributed by atoms with Crippen LogP contribution in [0.5, 0.6) is 11.5 Å². The second-order valence-electron chi connectivity index (χ2n) is 8.45. The molecule has 3 atom stereocenters. The number of nitrogens with zero attached hydrogens (tertiary/aromatic N) is 2. The van der Waals surface area contributed by atoms with Gasteiger partial charge in [-0.1, -0.05) is 12.1 Å². The molecule has 5 aliphatic heterocycles. The third-order valence-corrected chi connectivity index (χ3v) is 7.08. The number of furan rings is 1. The summed E-state index contributed by atoms with van der Waals surface area (Å²) >= 11 is 0. The lowest BCUT2D eigenvalue weighted by molar-refractivity contribution is -0.00348. The molecular weight excluding hydrogens is 352 g/mol. The summed E-state index contributed by atoms with van der Waals surface area (Å²) in [6.07, 6.45) is 8.77. The zero-order valence-corrected chi connectivity index (χ0v) is 16.0. The van der Waals surface area contributed by atoms with Crippen molar-refractivity contribution in [1.82, 2.24) is 9.80 Å². The van der Waals surface area contributed by atoms with Gasteiger partial charge in [-0.15, -0.1) is 0 Å². The highest BCUT2D eigenvalue weighted by atomic mass is 16.7. The molecule has 4 saturated heterocycles. The first-order valence-electron chi connectivity index (χ1n) is 10.4. The van der Waals surface area contributed by atoms with Crippen molar-refractivity contribution in [1.29, 1.82) is 0 Å². The number of fused-ring (bicyclic) bond motifs is 3. The molecule has 2 aromatic rings. The molecule has 0 spiro atoms. The number of rotatable bonds is 4. The highest BCUT2D eigenvalue weighted by molar-refractivity contribution is 5.46. The van der Waals surface area contributed by atoms with Gasteiger partial charge in [0.15, 0.2) is 11.5 Å². The lowest BCUT2D eigenvalue weighted by Gasteiger charge is -2.51. The topological polar surface area (TPSA) is 38.1 Å². The zero-order chi connectivity index (χ0) is 18.5. The first-order valence-corrected chi connectivity index (χ1v) is 10.4. The highest BCUT2D eigenvalue weighted by Gasteiger charge is 2.52. The van der Waals surface area contributed by atoms with E-state index in [1.807, 2.05) is 12.1 Å². The van der Waals surface area contributed by atoms with Crippen LogP contribution in [0.3, 0.4) is 0 Å². The highest BCUT2D eigenvalue weighted by Crippen LogP contribution is 2.47. The fourth-order valence-electron chi connectivity index (χ4n) is 5.88. The fourth-order valence-corrected chi connectivity index (χ4v) is 5.88. The van der Waals surface area contributed by atoms with Crippen LogP contribution in [0.15, 0.2) is 47.1 Å². The molecule has 0 saturated carbocycles. The SMILES string of the molecule is C(=C\c1ccco1)/CN1C[C@H](c2ccc3c(c2)OCO3)[C@H]2[C@@H]1C1CCN2CC1. The van der Waals surface area contributed by atoms with E-state index in [2.05, 4.69) is 40.2 Å². The van der Waals surface area contributed by atoms with Crippen LogP contribution >= 0.6 is 0 Å². The minimum atomic E-state index is 0.341. The van der Waals surface area contributed by atoms with Crippen molar-refractivity contribution in [2.45, 2.75) is 30.8 Å². The molecule has 0 N–H and O–H groups in total. The molecule has 1 aromatic carbocycles. The van der Waals surface area contributed by atoms with Gasteiger partial charge in [0.05, 0.1) is 6.26 Å². The number of likely N-dealkylation sites (tertiary alicyclic amines) is 1. The van der Waals surface area contributed by atoms with Crippen molar-refractivity contribution < 1.29 is 13.9 Å². The summed E-state index contributed by atoms with van der Waals surface area (Å²) < 4.78 is 16.6. The quantitative estimate of drug-likeness (QED) is 0.813. The van der Waals surface area contributed by atoms with Crippen LogP contribution in [-0.4, -0.2) is 54.9 Å². The lowest BCUT2D eigenvalue weighted by atomic mass is 9.75. The van der Waals surface area contributed by atoms with Gasteiger partial charge in [0.1, 0.15) is 5.76 Å². The molecule has 0 amide bonds. The van der Waals surface area contributed by atoms with Crippen LogP contribution in [0.25, 0.3) is 6.08 Å². The Hall–Kier alpha value is -2.24. The molecule has 1 aromatic heterocycles. The Labute approximate surface area is 165 Å². The summed E-state index contributed by atoms with van der Waals surface area (Å²) in [6.45, 7) is 4.93. The Bertz CT molecular complexity index is 870. The molecule has 4 fully saturated rings. The molecule has 5 nitrogen and oxygen atoms in total. The number of hydrogen-bond acceptors (Lipinski definition) is 5. The number of piperidine rings is 3. The molecule has 7 rings (SSSR count). The summed E-state index contributed by atoms with van der Waals surface area (Å²) in [7, 11) is 0. The summed E-state index contributed by atoms with van der Waals surface area (Å²) in [5, 5.41) is 0. The summed E-state index contributed by atoms with van der Waals surface area (Å²) in [5.74, 6) is 4.06. The predicted molar refractivity (Wildman–Crippen MR) is 106 cm³/mol. The molecule has 146 valence electrons. The standard InChI is InChI=1S/C23H26N2O3/c1(3-18-4-2-12-26-18)9-25-14-19(17-5-6-20-21(13-17)28-15-27-20)23-22(25)16-7-10-24(23)11-8-16/h1-6,12-13,16,19,22-23H,7-11,14-15H2/b3-1+/t19-,22+,23+/m1/s1. The second-order valence-corrected chi connectivity index (χ2v) is 8.45. The van der Waals surface area contributed by atoms with Crippen molar-refractivity contribution in [3.05, 3.63) is 54.0 Å². The Morgan fingerprint density at radius 1 is 1.04 bits per heavy atom. The third kappa shape index (κ3) is 2.68. The average molecular weight is 378 g/mol. The van der Waals surface area contributed by atoms with Gasteiger partial charge in [0.25, 0.3) is 0 Å². The molecule has 5 heteroatoms. The van der Waals surface area contributed by atoms with Crippen molar-refractivity contribution in [3.63, 3.8) is 0 Å². The predicted octanol–water partition coefficient (Wildman–Crippen LogP) is 3.58. The Kier molecular flexibility index (Phi) is 3.98. The maximum atomic E-state index is 5.66. The zero-order valence-electron chi connectivity index (χ0n) is 16.0. The van der Waals surface area contributed by atoms with Gasteiger partial charge in [-0.05, 0) is 67.8 Å². The first kappa shape index (κ1) is 16.7. The smallest absolute Gasteiger partial charge is 0.231 e. The molecular formula is C23H26N2O3. The molecule has 0 aliphatic carbocycles. The van der Waals surface area contributed by atoms with Gasteiger partial charge in [0, 0.05) is 31.1 Å². The molecule has 0 radical (unpaired) electrons. The molecule has 6 heterocycles. The van der Waals surface area contributed by atoms with E-state index in [-0.39, 0.29) is 0 Å². The molecule has 28 heavy (non-hydrogen) atoms. The van der Waals surface area contributed by atoms with E-state index in [1.54, 1.807) is 6.26 Å². The largest absolute Gasteiger partial charge is 0.465 e. The van der Waals surface area contributed by atoms with Crippen molar-refractivity contribution in [2.75, 3.05) is 33.0 Å². The van der Waals surface area contributed by atoms with Crippen LogP contribution in [0.4, 0.5) is 0 Å². The van der Waals surface area contributed by atoms with Crippen molar-refractivity contribution in [3.8, 4) is 11.5 Å². The van der Waals surface area contributed by atoms with Gasteiger partial charge in [-0.3, -0.25) is 9.80 Å². The lowest BCUT2D eigenvalue weighted by Crippen LogP contribution is -2.60. The van der Waals surface area contributed by atoms with E-state index >= 15 is 0 Å². The van der Waals surface area contributed by atoms with Gasteiger partial charge in [0.2, 0.25) is 6.79 Å². The maximum Gasteiger partial charge on any atom is 0.231 e. The normalized spacial score (nSPS) is 33.6. The van der Waals surface area contributed by atoms with Crippen molar-refractivity contribution >= 4 is 6.08 Å². The van der Waals surface area contributed by atoms with Crippen LogP contribution in [0, 0.1) is 5.92 Å². The fraction of sp³-hybridized carbons (Fsp3) is 0.478. The molecule has 0 unspecified atom stereocenters. The van der Waals surface area contributed by atoms with E-state index in [0.717, 1.165) is 36.3 Å². The molecule has 5 aliphatic rings. The summed E-state index contributed by atoms with van der Waals surface area (Å²) in [4.78, 5) is 5.45. The Balaban J connectivity index is 1.28. The third-order valence-electron chi connectivity index (χ3n) is 7.08. The monoisotopic (exact) mass is 378 g/mol. The van der Waals surface area contributed by atoms with Crippen molar-refractivity contribution in [2.24, 2.45) is 5.92 Å². The molecule has 2 bridgehead atoms. The van der Waals surface area contributed by atoms with Crippen LogP contribution < -0.4 is 9.47 Å². The van der Waals surface area contributed by atoms with Crippen LogP contribution in [-0.2, 0) is 0 Å². The minimum Gasteiger partial charge on any atom is -0.465 e. The Morgan fingerprint density at radius 2 is 1.93 bits per heavy atom. The number of benzene rings is 1. The van der Waals surface area contributed by atoms with Gasteiger partial charge >= 0.3 is 0 Å². The van der Waals surface area contributed by atoms with E-state index in [4.69, 9.17) is 13.9 Å². The second kappa shape index (κ2) is 6.68. The van der Waals surface area contributed by atoms with E-state index in [9.17, 15) is 0 Å². The minimum absolute atomic E-state index is 0.341. The van der Waals surface area contributed by atoms with E-state index in [1.165, 1.54) is 31.5 Å². The maximum absolute atomic E-state index is 5.66. The number of ether oxygens (including phenoxy) is 2. The summed E-state index contributed by atoms with van der Waals surface area (Å²) in [5.41, 5.74) is 1.39. The van der Waals surface area contributed by atoms with E-state index in [0.29, 0.717) is 24.8 Å². The van der Waals surface area contributed by atoms with E-state index < -0.39 is 0 Å². The Morgan fingerprint density at radius 3 is 2.79 bits per heavy atom. The van der Waals surface area contributed by atoms with Gasteiger partial charge in [-0.2, -0.15) is 0 Å².